The number of carbonyl (C=O) groups is 2. The number of hydrogen-bond donors (Lipinski definition) is 1. The maximum absolute atomic E-state index is 12.4. The first kappa shape index (κ1) is 14.3. The molecule has 108 valence electrons. The van der Waals surface area contributed by atoms with Gasteiger partial charge < -0.3 is 15.1 Å². The number of rotatable bonds is 3. The van der Waals surface area contributed by atoms with E-state index in [9.17, 15) is 9.59 Å². The fourth-order valence-electron chi connectivity index (χ4n) is 3.07. The zero-order valence-electron chi connectivity index (χ0n) is 12.2. The Hall–Kier alpha value is -1.10. The predicted molar refractivity (Wildman–Crippen MR) is 73.6 cm³/mol. The van der Waals surface area contributed by atoms with E-state index < -0.39 is 0 Å². The molecule has 2 aliphatic rings. The molecule has 5 nitrogen and oxygen atoms in total. The first-order valence-corrected chi connectivity index (χ1v) is 7.24. The molecule has 2 rings (SSSR count). The van der Waals surface area contributed by atoms with Crippen LogP contribution in [0.2, 0.25) is 0 Å². The minimum atomic E-state index is -0.345. The van der Waals surface area contributed by atoms with E-state index in [0.29, 0.717) is 5.92 Å². The summed E-state index contributed by atoms with van der Waals surface area (Å²) in [5, 5.41) is 2.80. The molecule has 2 heterocycles. The summed E-state index contributed by atoms with van der Waals surface area (Å²) in [5.74, 6) is 0.708. The Balaban J connectivity index is 1.98. The first-order chi connectivity index (χ1) is 8.97. The molecule has 0 bridgehead atoms. The minimum absolute atomic E-state index is 0.0255. The third-order valence-corrected chi connectivity index (χ3v) is 4.10. The minimum Gasteiger partial charge on any atom is -0.343 e. The summed E-state index contributed by atoms with van der Waals surface area (Å²) in [4.78, 5) is 28.2. The van der Waals surface area contributed by atoms with Crippen LogP contribution in [0, 0.1) is 11.8 Å². The van der Waals surface area contributed by atoms with Crippen LogP contribution in [0.4, 0.5) is 0 Å². The van der Waals surface area contributed by atoms with Gasteiger partial charge in [-0.3, -0.25) is 9.59 Å². The fraction of sp³-hybridized carbons (Fsp3) is 0.857. The second-order valence-electron chi connectivity index (χ2n) is 6.28. The second-order valence-corrected chi connectivity index (χ2v) is 6.28. The molecule has 2 saturated heterocycles. The van der Waals surface area contributed by atoms with Gasteiger partial charge in [-0.05, 0) is 38.3 Å². The third kappa shape index (κ3) is 3.47. The van der Waals surface area contributed by atoms with Crippen molar-refractivity contribution in [2.24, 2.45) is 11.8 Å². The smallest absolute Gasteiger partial charge is 0.245 e. The zero-order valence-corrected chi connectivity index (χ0v) is 12.2. The van der Waals surface area contributed by atoms with E-state index in [1.807, 2.05) is 13.8 Å². The van der Waals surface area contributed by atoms with Gasteiger partial charge in [0.15, 0.2) is 0 Å². The first-order valence-electron chi connectivity index (χ1n) is 7.24. The standard InChI is InChI=1S/C14H25N3O2/c1-10(2)13-14(19)17(9-12(18)15-13)8-11-5-4-6-16(3)7-11/h10-11,13H,4-9H2,1-3H3,(H,15,18). The van der Waals surface area contributed by atoms with Gasteiger partial charge in [0.25, 0.3) is 0 Å². The van der Waals surface area contributed by atoms with Gasteiger partial charge in [0.05, 0.1) is 6.54 Å². The highest BCUT2D eigenvalue weighted by atomic mass is 16.2. The molecule has 0 aliphatic carbocycles. The number of likely N-dealkylation sites (tertiary alicyclic amines) is 1. The van der Waals surface area contributed by atoms with Crippen molar-refractivity contribution in [1.82, 2.24) is 15.1 Å². The number of nitrogens with one attached hydrogen (secondary N) is 1. The molecule has 0 aromatic carbocycles. The molecule has 0 aromatic rings. The lowest BCUT2D eigenvalue weighted by Crippen LogP contribution is -2.60. The number of carbonyl (C=O) groups excluding carboxylic acids is 2. The highest BCUT2D eigenvalue weighted by molar-refractivity contribution is 5.94. The molecule has 2 atom stereocenters. The molecule has 1 N–H and O–H groups in total. The summed E-state index contributed by atoms with van der Waals surface area (Å²) in [6.07, 6.45) is 2.34. The van der Waals surface area contributed by atoms with Gasteiger partial charge >= 0.3 is 0 Å². The Kier molecular flexibility index (Phi) is 4.45. The summed E-state index contributed by atoms with van der Waals surface area (Å²) in [6, 6.07) is -0.345. The summed E-state index contributed by atoms with van der Waals surface area (Å²) < 4.78 is 0. The molecule has 2 fully saturated rings. The number of piperazine rings is 1. The molecule has 0 spiro atoms. The Labute approximate surface area is 115 Å². The van der Waals surface area contributed by atoms with Gasteiger partial charge in [-0.2, -0.15) is 0 Å². The van der Waals surface area contributed by atoms with Crippen molar-refractivity contribution in [2.75, 3.05) is 33.2 Å². The molecule has 5 heteroatoms. The van der Waals surface area contributed by atoms with Crippen LogP contribution in [0.5, 0.6) is 0 Å². The maximum atomic E-state index is 12.4. The summed E-state index contributed by atoms with van der Waals surface area (Å²) in [6.45, 7) is 7.06. The van der Waals surface area contributed by atoms with Crippen LogP contribution >= 0.6 is 0 Å². The molecule has 19 heavy (non-hydrogen) atoms. The summed E-state index contributed by atoms with van der Waals surface area (Å²) in [7, 11) is 2.12. The van der Waals surface area contributed by atoms with Gasteiger partial charge in [-0.25, -0.2) is 0 Å². The average Bonchev–Trinajstić information content (AvgIpc) is 2.33. The maximum Gasteiger partial charge on any atom is 0.245 e. The highest BCUT2D eigenvalue weighted by Crippen LogP contribution is 2.19. The van der Waals surface area contributed by atoms with Crippen molar-refractivity contribution in [3.05, 3.63) is 0 Å². The van der Waals surface area contributed by atoms with E-state index in [2.05, 4.69) is 17.3 Å². The molecule has 0 saturated carbocycles. The van der Waals surface area contributed by atoms with Gasteiger partial charge in [0.1, 0.15) is 6.04 Å². The van der Waals surface area contributed by atoms with Gasteiger partial charge in [-0.15, -0.1) is 0 Å². The second kappa shape index (κ2) is 5.90. The SMILES string of the molecule is CC(C)C1NC(=O)CN(CC2CCCN(C)C2)C1=O. The van der Waals surface area contributed by atoms with Crippen LogP contribution in [-0.2, 0) is 9.59 Å². The number of piperidine rings is 1. The summed E-state index contributed by atoms with van der Waals surface area (Å²) >= 11 is 0. The van der Waals surface area contributed by atoms with E-state index in [1.165, 1.54) is 6.42 Å². The van der Waals surface area contributed by atoms with E-state index in [-0.39, 0.29) is 30.3 Å². The van der Waals surface area contributed by atoms with E-state index in [4.69, 9.17) is 0 Å². The lowest BCUT2D eigenvalue weighted by molar-refractivity contribution is -0.146. The Bertz CT molecular complexity index is 357. The highest BCUT2D eigenvalue weighted by Gasteiger charge is 2.35. The number of amides is 2. The fourth-order valence-corrected chi connectivity index (χ4v) is 3.07. The molecule has 0 aromatic heterocycles. The Morgan fingerprint density at radius 1 is 1.37 bits per heavy atom. The molecule has 2 unspecified atom stereocenters. The monoisotopic (exact) mass is 267 g/mol. The van der Waals surface area contributed by atoms with Crippen molar-refractivity contribution in [1.29, 1.82) is 0 Å². The van der Waals surface area contributed by atoms with Crippen LogP contribution in [0.1, 0.15) is 26.7 Å². The largest absolute Gasteiger partial charge is 0.343 e. The van der Waals surface area contributed by atoms with Gasteiger partial charge in [0, 0.05) is 13.1 Å². The normalized spacial score (nSPS) is 29.8. The van der Waals surface area contributed by atoms with E-state index >= 15 is 0 Å². The Morgan fingerprint density at radius 3 is 2.74 bits per heavy atom. The number of nitrogens with zero attached hydrogens (tertiary/aromatic N) is 2. The molecule has 0 radical (unpaired) electrons. The van der Waals surface area contributed by atoms with Crippen LogP contribution in [0.3, 0.4) is 0 Å². The van der Waals surface area contributed by atoms with Gasteiger partial charge in [-0.1, -0.05) is 13.8 Å². The predicted octanol–water partition coefficient (Wildman–Crippen LogP) is 0.311. The topological polar surface area (TPSA) is 52.7 Å². The van der Waals surface area contributed by atoms with Crippen LogP contribution in [0.15, 0.2) is 0 Å². The lowest BCUT2D eigenvalue weighted by atomic mass is 9.95. The quantitative estimate of drug-likeness (QED) is 0.801. The van der Waals surface area contributed by atoms with Crippen molar-refractivity contribution in [3.63, 3.8) is 0 Å². The molecule has 2 amide bonds. The van der Waals surface area contributed by atoms with E-state index in [0.717, 1.165) is 26.1 Å². The van der Waals surface area contributed by atoms with Crippen LogP contribution in [0.25, 0.3) is 0 Å². The number of hydrogen-bond acceptors (Lipinski definition) is 3. The zero-order chi connectivity index (χ0) is 14.0. The molecular formula is C14H25N3O2. The summed E-state index contributed by atoms with van der Waals surface area (Å²) in [5.41, 5.74) is 0. The van der Waals surface area contributed by atoms with Gasteiger partial charge in [0.2, 0.25) is 11.8 Å². The lowest BCUT2D eigenvalue weighted by Gasteiger charge is -2.38. The van der Waals surface area contributed by atoms with Crippen molar-refractivity contribution in [3.8, 4) is 0 Å². The molecular weight excluding hydrogens is 242 g/mol. The molecule has 2 aliphatic heterocycles. The Morgan fingerprint density at radius 2 is 2.11 bits per heavy atom. The van der Waals surface area contributed by atoms with Crippen molar-refractivity contribution in [2.45, 2.75) is 32.7 Å². The average molecular weight is 267 g/mol. The van der Waals surface area contributed by atoms with E-state index in [1.54, 1.807) is 4.90 Å². The van der Waals surface area contributed by atoms with Crippen molar-refractivity contribution >= 4 is 11.8 Å². The third-order valence-electron chi connectivity index (χ3n) is 4.10. The van der Waals surface area contributed by atoms with Crippen LogP contribution in [-0.4, -0.2) is 60.9 Å². The van der Waals surface area contributed by atoms with Crippen LogP contribution < -0.4 is 5.32 Å². The van der Waals surface area contributed by atoms with Crippen molar-refractivity contribution < 1.29 is 9.59 Å².